The van der Waals surface area contributed by atoms with E-state index in [4.69, 9.17) is 5.11 Å². The van der Waals surface area contributed by atoms with Crippen molar-refractivity contribution in [1.29, 1.82) is 0 Å². The number of carbonyl (C=O) groups is 2. The number of carbonyl (C=O) groups excluding carboxylic acids is 1. The van der Waals surface area contributed by atoms with Crippen molar-refractivity contribution in [2.45, 2.75) is 66.0 Å². The molecule has 0 unspecified atom stereocenters. The second-order valence-corrected chi connectivity index (χ2v) is 7.23. The molecule has 0 aromatic carbocycles. The van der Waals surface area contributed by atoms with Crippen LogP contribution in [0.15, 0.2) is 0 Å². The monoisotopic (exact) mass is 298 g/mol. The molecule has 21 heavy (non-hydrogen) atoms. The molecule has 0 aromatic heterocycles. The molecule has 0 heterocycles. The van der Waals surface area contributed by atoms with Crippen molar-refractivity contribution in [3.63, 3.8) is 0 Å². The summed E-state index contributed by atoms with van der Waals surface area (Å²) >= 11 is 0. The van der Waals surface area contributed by atoms with Crippen LogP contribution in [0.5, 0.6) is 0 Å². The number of nitrogens with one attached hydrogen (secondary N) is 1. The predicted molar refractivity (Wildman–Crippen MR) is 83.1 cm³/mol. The zero-order chi connectivity index (χ0) is 16.2. The SMILES string of the molecule is CCN(CC(=O)O)C1CC(NC(=O)C(C)(C)CC(C)C)C1. The van der Waals surface area contributed by atoms with Crippen molar-refractivity contribution in [1.82, 2.24) is 10.2 Å². The Bertz CT molecular complexity index is 374. The Hall–Kier alpha value is -1.10. The number of amides is 1. The van der Waals surface area contributed by atoms with Crippen LogP contribution in [0, 0.1) is 11.3 Å². The van der Waals surface area contributed by atoms with Crippen LogP contribution in [0.4, 0.5) is 0 Å². The van der Waals surface area contributed by atoms with E-state index < -0.39 is 5.97 Å². The normalized spacial score (nSPS) is 22.2. The third-order valence-corrected chi connectivity index (χ3v) is 4.24. The minimum atomic E-state index is -0.789. The highest BCUT2D eigenvalue weighted by atomic mass is 16.4. The molecule has 0 bridgehead atoms. The van der Waals surface area contributed by atoms with E-state index in [1.54, 1.807) is 0 Å². The standard InChI is InChI=1S/C16H30N2O3/c1-6-18(10-14(19)20)13-7-12(8-13)17-15(21)16(4,5)9-11(2)3/h11-13H,6-10H2,1-5H3,(H,17,21)(H,19,20). The van der Waals surface area contributed by atoms with E-state index in [2.05, 4.69) is 19.2 Å². The van der Waals surface area contributed by atoms with Gasteiger partial charge < -0.3 is 10.4 Å². The average molecular weight is 298 g/mol. The Labute approximate surface area is 128 Å². The molecule has 0 aliphatic heterocycles. The van der Waals surface area contributed by atoms with Crippen LogP contribution in [0.25, 0.3) is 0 Å². The lowest BCUT2D eigenvalue weighted by Crippen LogP contribution is -2.56. The van der Waals surface area contributed by atoms with Crippen molar-refractivity contribution in [3.05, 3.63) is 0 Å². The number of likely N-dealkylation sites (N-methyl/N-ethyl adjacent to an activating group) is 1. The van der Waals surface area contributed by atoms with Gasteiger partial charge in [-0.1, -0.05) is 34.6 Å². The van der Waals surface area contributed by atoms with E-state index >= 15 is 0 Å². The van der Waals surface area contributed by atoms with Gasteiger partial charge in [-0.3, -0.25) is 14.5 Å². The van der Waals surface area contributed by atoms with Gasteiger partial charge in [0.05, 0.1) is 6.54 Å². The van der Waals surface area contributed by atoms with E-state index in [1.165, 1.54) is 0 Å². The molecule has 0 atom stereocenters. The largest absolute Gasteiger partial charge is 0.480 e. The maximum absolute atomic E-state index is 12.3. The Morgan fingerprint density at radius 1 is 1.33 bits per heavy atom. The van der Waals surface area contributed by atoms with E-state index in [-0.39, 0.29) is 30.0 Å². The predicted octanol–water partition coefficient (Wildman–Crippen LogP) is 2.11. The molecule has 1 aliphatic carbocycles. The summed E-state index contributed by atoms with van der Waals surface area (Å²) in [6.07, 6.45) is 2.57. The summed E-state index contributed by atoms with van der Waals surface area (Å²) in [6.45, 7) is 11.0. The number of hydrogen-bond acceptors (Lipinski definition) is 3. The van der Waals surface area contributed by atoms with Crippen molar-refractivity contribution in [3.8, 4) is 0 Å². The lowest BCUT2D eigenvalue weighted by molar-refractivity contribution is -0.140. The summed E-state index contributed by atoms with van der Waals surface area (Å²) in [4.78, 5) is 25.1. The quantitative estimate of drug-likeness (QED) is 0.720. The third kappa shape index (κ3) is 5.30. The van der Waals surface area contributed by atoms with E-state index in [0.717, 1.165) is 25.8 Å². The van der Waals surface area contributed by atoms with E-state index in [1.807, 2.05) is 25.7 Å². The van der Waals surface area contributed by atoms with Crippen LogP contribution in [-0.2, 0) is 9.59 Å². The smallest absolute Gasteiger partial charge is 0.317 e. The van der Waals surface area contributed by atoms with Crippen LogP contribution in [0.3, 0.4) is 0 Å². The summed E-state index contributed by atoms with van der Waals surface area (Å²) in [5, 5.41) is 12.0. The van der Waals surface area contributed by atoms with E-state index in [0.29, 0.717) is 5.92 Å². The summed E-state index contributed by atoms with van der Waals surface area (Å²) in [7, 11) is 0. The van der Waals surface area contributed by atoms with Gasteiger partial charge in [-0.05, 0) is 31.7 Å². The molecule has 5 heteroatoms. The van der Waals surface area contributed by atoms with Crippen molar-refractivity contribution >= 4 is 11.9 Å². The Balaban J connectivity index is 2.40. The minimum Gasteiger partial charge on any atom is -0.480 e. The van der Waals surface area contributed by atoms with Gasteiger partial charge >= 0.3 is 5.97 Å². The van der Waals surface area contributed by atoms with Gasteiger partial charge in [0.25, 0.3) is 0 Å². The molecule has 0 spiro atoms. The van der Waals surface area contributed by atoms with Gasteiger partial charge in [0.15, 0.2) is 0 Å². The lowest BCUT2D eigenvalue weighted by Gasteiger charge is -2.43. The molecule has 122 valence electrons. The fraction of sp³-hybridized carbons (Fsp3) is 0.875. The first-order valence-electron chi connectivity index (χ1n) is 7.92. The molecule has 2 N–H and O–H groups in total. The van der Waals surface area contributed by atoms with Gasteiger partial charge in [-0.2, -0.15) is 0 Å². The summed E-state index contributed by atoms with van der Waals surface area (Å²) in [5.74, 6) is -0.186. The first-order chi connectivity index (χ1) is 9.65. The summed E-state index contributed by atoms with van der Waals surface area (Å²) < 4.78 is 0. The number of carboxylic acids is 1. The van der Waals surface area contributed by atoms with Gasteiger partial charge in [0.2, 0.25) is 5.91 Å². The molecule has 1 aliphatic rings. The molecule has 5 nitrogen and oxygen atoms in total. The maximum atomic E-state index is 12.3. The molecular weight excluding hydrogens is 268 g/mol. The number of carboxylic acid groups (broad SMARTS) is 1. The minimum absolute atomic E-state index is 0.0840. The Morgan fingerprint density at radius 2 is 1.90 bits per heavy atom. The number of aliphatic carboxylic acids is 1. The molecule has 0 radical (unpaired) electrons. The number of nitrogens with zero attached hydrogens (tertiary/aromatic N) is 1. The van der Waals surface area contributed by atoms with Crippen molar-refractivity contribution in [2.75, 3.05) is 13.1 Å². The second-order valence-electron chi connectivity index (χ2n) is 7.23. The Kier molecular flexibility index (Phi) is 6.20. The molecule has 1 fully saturated rings. The first kappa shape index (κ1) is 18.0. The van der Waals surface area contributed by atoms with Crippen LogP contribution < -0.4 is 5.32 Å². The van der Waals surface area contributed by atoms with Gasteiger partial charge in [-0.25, -0.2) is 0 Å². The van der Waals surface area contributed by atoms with Crippen LogP contribution in [-0.4, -0.2) is 47.1 Å². The van der Waals surface area contributed by atoms with Crippen LogP contribution >= 0.6 is 0 Å². The highest BCUT2D eigenvalue weighted by molar-refractivity contribution is 5.82. The molecule has 0 aromatic rings. The lowest BCUT2D eigenvalue weighted by atomic mass is 9.80. The molecule has 1 rings (SSSR count). The van der Waals surface area contributed by atoms with Crippen molar-refractivity contribution < 1.29 is 14.7 Å². The van der Waals surface area contributed by atoms with Gasteiger partial charge in [-0.15, -0.1) is 0 Å². The fourth-order valence-electron chi connectivity index (χ4n) is 3.17. The summed E-state index contributed by atoms with van der Waals surface area (Å²) in [6, 6.07) is 0.474. The molecular formula is C16H30N2O3. The first-order valence-corrected chi connectivity index (χ1v) is 7.92. The van der Waals surface area contributed by atoms with E-state index in [9.17, 15) is 9.59 Å². The molecule has 1 amide bonds. The van der Waals surface area contributed by atoms with Gasteiger partial charge in [0, 0.05) is 17.5 Å². The Morgan fingerprint density at radius 3 is 2.33 bits per heavy atom. The third-order valence-electron chi connectivity index (χ3n) is 4.24. The fourth-order valence-corrected chi connectivity index (χ4v) is 3.17. The van der Waals surface area contributed by atoms with Gasteiger partial charge in [0.1, 0.15) is 0 Å². The summed E-state index contributed by atoms with van der Waals surface area (Å²) in [5.41, 5.74) is -0.342. The van der Waals surface area contributed by atoms with Crippen LogP contribution in [0.2, 0.25) is 0 Å². The highest BCUT2D eigenvalue weighted by Gasteiger charge is 2.37. The molecule has 1 saturated carbocycles. The number of rotatable bonds is 8. The maximum Gasteiger partial charge on any atom is 0.317 e. The zero-order valence-electron chi connectivity index (χ0n) is 14.0. The van der Waals surface area contributed by atoms with Crippen molar-refractivity contribution in [2.24, 2.45) is 11.3 Å². The average Bonchev–Trinajstić information content (AvgIpc) is 2.28. The second kappa shape index (κ2) is 7.25. The zero-order valence-corrected chi connectivity index (χ0v) is 14.0. The topological polar surface area (TPSA) is 69.6 Å². The van der Waals surface area contributed by atoms with Crippen LogP contribution in [0.1, 0.15) is 53.9 Å². The number of hydrogen-bond donors (Lipinski definition) is 2. The highest BCUT2D eigenvalue weighted by Crippen LogP contribution is 2.29. The molecule has 0 saturated heterocycles.